The minimum absolute atomic E-state index is 0.0177. The first-order valence-corrected chi connectivity index (χ1v) is 13.3. The van der Waals surface area contributed by atoms with Gasteiger partial charge in [0, 0.05) is 19.7 Å². The molecule has 0 aliphatic carbocycles. The number of hydrogen-bond acceptors (Lipinski definition) is 5. The first-order valence-electron chi connectivity index (χ1n) is 11.8. The zero-order valence-electron chi connectivity index (χ0n) is 20.5. The van der Waals surface area contributed by atoms with E-state index in [-0.39, 0.29) is 25.1 Å². The molecule has 1 fully saturated rings. The lowest BCUT2D eigenvalue weighted by atomic mass is 9.98. The summed E-state index contributed by atoms with van der Waals surface area (Å²) in [7, 11) is -0.422. The van der Waals surface area contributed by atoms with Gasteiger partial charge in [0.25, 0.3) is 0 Å². The molecule has 1 heterocycles. The van der Waals surface area contributed by atoms with Gasteiger partial charge in [0.2, 0.25) is 10.0 Å². The third kappa shape index (κ3) is 6.84. The van der Waals surface area contributed by atoms with Gasteiger partial charge in [-0.15, -0.1) is 6.58 Å². The van der Waals surface area contributed by atoms with E-state index in [2.05, 4.69) is 6.58 Å². The second-order valence-corrected chi connectivity index (χ2v) is 11.1. The number of benzene rings is 2. The molecule has 3 rings (SSSR count). The largest absolute Gasteiger partial charge is 0.497 e. The monoisotopic (exact) mass is 487 g/mol. The van der Waals surface area contributed by atoms with Crippen molar-refractivity contribution in [2.24, 2.45) is 5.92 Å². The lowest BCUT2D eigenvalue weighted by Gasteiger charge is -2.32. The van der Waals surface area contributed by atoms with Gasteiger partial charge in [-0.2, -0.15) is 4.31 Å². The Morgan fingerprint density at radius 1 is 1.03 bits per heavy atom. The summed E-state index contributed by atoms with van der Waals surface area (Å²) in [5.74, 6) is 1.41. The van der Waals surface area contributed by atoms with Crippen molar-refractivity contribution in [1.82, 2.24) is 4.31 Å². The highest BCUT2D eigenvalue weighted by atomic mass is 32.2. The van der Waals surface area contributed by atoms with E-state index in [1.54, 1.807) is 24.6 Å². The van der Waals surface area contributed by atoms with Crippen LogP contribution in [0, 0.1) is 5.92 Å². The third-order valence-electron chi connectivity index (χ3n) is 6.47. The van der Waals surface area contributed by atoms with Crippen molar-refractivity contribution in [3.05, 3.63) is 72.3 Å². The first-order chi connectivity index (χ1) is 16.4. The van der Waals surface area contributed by atoms with Crippen molar-refractivity contribution >= 4 is 10.0 Å². The summed E-state index contributed by atoms with van der Waals surface area (Å²) in [5, 5.41) is -0.551. The Labute approximate surface area is 204 Å². The van der Waals surface area contributed by atoms with Crippen LogP contribution < -0.4 is 9.47 Å². The van der Waals surface area contributed by atoms with Gasteiger partial charge in [0.15, 0.2) is 0 Å². The Bertz CT molecular complexity index is 949. The molecule has 0 unspecified atom stereocenters. The molecule has 0 spiro atoms. The Balaban J connectivity index is 1.93. The summed E-state index contributed by atoms with van der Waals surface area (Å²) in [6.07, 6.45) is 4.81. The van der Waals surface area contributed by atoms with Gasteiger partial charge in [-0.3, -0.25) is 0 Å². The molecule has 34 heavy (non-hydrogen) atoms. The Morgan fingerprint density at radius 3 is 1.97 bits per heavy atom. The Kier molecular flexibility index (Phi) is 9.56. The standard InChI is InChI=1S/C27H37NO5S/c1-5-7-21(2)27(18-26-8-6-17-33-26)34(29,30)28(19-22-9-13-24(31-3)14-10-22)20-23-11-15-25(32-4)16-12-23/h5,9-16,21,26-27H,1,6-8,17-20H2,2-4H3/t21-,26+,27-/m0/s1. The van der Waals surface area contributed by atoms with Gasteiger partial charge >= 0.3 is 0 Å². The molecular formula is C27H37NO5S. The number of allylic oxidation sites excluding steroid dienone is 1. The van der Waals surface area contributed by atoms with Crippen LogP contribution in [-0.4, -0.2) is 44.9 Å². The lowest BCUT2D eigenvalue weighted by molar-refractivity contribution is 0.0989. The van der Waals surface area contributed by atoms with E-state index in [4.69, 9.17) is 14.2 Å². The van der Waals surface area contributed by atoms with Crippen LogP contribution in [0.3, 0.4) is 0 Å². The normalized spacial score (nSPS) is 17.9. The van der Waals surface area contributed by atoms with Gasteiger partial charge in [-0.25, -0.2) is 8.42 Å². The molecule has 0 aromatic heterocycles. The molecule has 0 radical (unpaired) electrons. The number of methoxy groups -OCH3 is 2. The average molecular weight is 488 g/mol. The summed E-state index contributed by atoms with van der Waals surface area (Å²) in [6.45, 7) is 7.11. The van der Waals surface area contributed by atoms with E-state index >= 15 is 0 Å². The predicted octanol–water partition coefficient (Wildman–Crippen LogP) is 5.19. The molecule has 1 aliphatic rings. The minimum Gasteiger partial charge on any atom is -0.497 e. The van der Waals surface area contributed by atoms with Crippen LogP contribution in [0.4, 0.5) is 0 Å². The van der Waals surface area contributed by atoms with E-state index in [1.807, 2.05) is 55.5 Å². The van der Waals surface area contributed by atoms with Crippen molar-refractivity contribution in [3.63, 3.8) is 0 Å². The summed E-state index contributed by atoms with van der Waals surface area (Å²) in [5.41, 5.74) is 1.82. The highest BCUT2D eigenvalue weighted by molar-refractivity contribution is 7.89. The molecule has 7 heteroatoms. The summed E-state index contributed by atoms with van der Waals surface area (Å²) in [6, 6.07) is 15.1. The lowest BCUT2D eigenvalue weighted by Crippen LogP contribution is -2.42. The fourth-order valence-corrected chi connectivity index (χ4v) is 6.65. The number of rotatable bonds is 13. The number of hydrogen-bond donors (Lipinski definition) is 0. The predicted molar refractivity (Wildman–Crippen MR) is 136 cm³/mol. The van der Waals surface area contributed by atoms with Crippen molar-refractivity contribution in [1.29, 1.82) is 0 Å². The molecular weight excluding hydrogens is 450 g/mol. The SMILES string of the molecule is C=CC[C@H](C)[C@H](C[C@H]1CCCO1)S(=O)(=O)N(Cc1ccc(OC)cc1)Cc1ccc(OC)cc1. The van der Waals surface area contributed by atoms with Crippen molar-refractivity contribution in [2.45, 2.75) is 57.1 Å². The van der Waals surface area contributed by atoms with Gasteiger partial charge in [0.05, 0.1) is 25.6 Å². The Morgan fingerprint density at radius 2 is 1.56 bits per heavy atom. The molecule has 0 N–H and O–H groups in total. The van der Waals surface area contributed by atoms with E-state index in [9.17, 15) is 8.42 Å². The van der Waals surface area contributed by atoms with Gasteiger partial charge in [-0.05, 0) is 67.0 Å². The van der Waals surface area contributed by atoms with E-state index in [1.165, 1.54) is 0 Å². The van der Waals surface area contributed by atoms with Crippen LogP contribution >= 0.6 is 0 Å². The van der Waals surface area contributed by atoms with Crippen molar-refractivity contribution in [2.75, 3.05) is 20.8 Å². The number of nitrogens with zero attached hydrogens (tertiary/aromatic N) is 1. The molecule has 2 aromatic rings. The zero-order valence-corrected chi connectivity index (χ0v) is 21.3. The first kappa shape index (κ1) is 26.3. The maximum absolute atomic E-state index is 14.2. The topological polar surface area (TPSA) is 65.1 Å². The van der Waals surface area contributed by atoms with E-state index in [0.29, 0.717) is 19.4 Å². The van der Waals surface area contributed by atoms with Gasteiger partial charge < -0.3 is 14.2 Å². The smallest absolute Gasteiger partial charge is 0.217 e. The number of sulfonamides is 1. The molecule has 2 aromatic carbocycles. The van der Waals surface area contributed by atoms with Crippen molar-refractivity contribution in [3.8, 4) is 11.5 Å². The summed E-state index contributed by atoms with van der Waals surface area (Å²) in [4.78, 5) is 0. The zero-order chi connectivity index (χ0) is 24.6. The molecule has 0 bridgehead atoms. The van der Waals surface area contributed by atoms with E-state index < -0.39 is 15.3 Å². The van der Waals surface area contributed by atoms with Crippen LogP contribution in [0.25, 0.3) is 0 Å². The van der Waals surface area contributed by atoms with Crippen LogP contribution in [0.15, 0.2) is 61.2 Å². The van der Waals surface area contributed by atoms with E-state index in [0.717, 1.165) is 35.5 Å². The summed E-state index contributed by atoms with van der Waals surface area (Å²) >= 11 is 0. The quantitative estimate of drug-likeness (QED) is 0.364. The Hall–Kier alpha value is -2.35. The van der Waals surface area contributed by atoms with Crippen LogP contribution in [0.1, 0.15) is 43.7 Å². The number of ether oxygens (including phenoxy) is 3. The fourth-order valence-electron chi connectivity index (χ4n) is 4.45. The van der Waals surface area contributed by atoms with Crippen LogP contribution in [-0.2, 0) is 27.8 Å². The van der Waals surface area contributed by atoms with Crippen molar-refractivity contribution < 1.29 is 22.6 Å². The maximum atomic E-state index is 14.2. The third-order valence-corrected chi connectivity index (χ3v) is 8.87. The second kappa shape index (κ2) is 12.4. The average Bonchev–Trinajstić information content (AvgIpc) is 3.36. The highest BCUT2D eigenvalue weighted by Crippen LogP contribution is 2.31. The molecule has 186 valence electrons. The van der Waals surface area contributed by atoms with Gasteiger partial charge in [-0.1, -0.05) is 37.3 Å². The molecule has 0 amide bonds. The summed E-state index contributed by atoms with van der Waals surface area (Å²) < 4.78 is 46.3. The molecule has 1 saturated heterocycles. The molecule has 3 atom stereocenters. The maximum Gasteiger partial charge on any atom is 0.217 e. The van der Waals surface area contributed by atoms with Crippen LogP contribution in [0.2, 0.25) is 0 Å². The highest BCUT2D eigenvalue weighted by Gasteiger charge is 2.38. The van der Waals surface area contributed by atoms with Gasteiger partial charge in [0.1, 0.15) is 11.5 Å². The minimum atomic E-state index is -3.66. The molecule has 6 nitrogen and oxygen atoms in total. The molecule has 0 saturated carbocycles. The van der Waals surface area contributed by atoms with Crippen LogP contribution in [0.5, 0.6) is 11.5 Å². The fraction of sp³-hybridized carbons (Fsp3) is 0.481. The second-order valence-electron chi connectivity index (χ2n) is 8.92. The molecule has 1 aliphatic heterocycles.